The van der Waals surface area contributed by atoms with Crippen LogP contribution in [0.1, 0.15) is 16.8 Å². The predicted octanol–water partition coefficient (Wildman–Crippen LogP) is 0.954. The summed E-state index contributed by atoms with van der Waals surface area (Å²) in [4.78, 5) is 26.1. The SMILES string of the molecule is COCCOCCCNC(=O)Nc1cncc(C(=O)O)c1. The Labute approximate surface area is 122 Å². The molecule has 1 rings (SSSR count). The molecule has 2 amide bonds. The quantitative estimate of drug-likeness (QED) is 0.585. The lowest BCUT2D eigenvalue weighted by Crippen LogP contribution is -2.30. The number of amides is 2. The van der Waals surface area contributed by atoms with Crippen LogP contribution in [0.5, 0.6) is 0 Å². The van der Waals surface area contributed by atoms with Gasteiger partial charge in [0.15, 0.2) is 0 Å². The third-order valence-electron chi connectivity index (χ3n) is 2.43. The first-order valence-corrected chi connectivity index (χ1v) is 6.43. The fourth-order valence-electron chi connectivity index (χ4n) is 1.42. The minimum absolute atomic E-state index is 0.0133. The van der Waals surface area contributed by atoms with E-state index in [1.807, 2.05) is 0 Å². The summed E-state index contributed by atoms with van der Waals surface area (Å²) in [5, 5.41) is 14.0. The first kappa shape index (κ1) is 16.9. The van der Waals surface area contributed by atoms with E-state index in [9.17, 15) is 9.59 Å². The van der Waals surface area contributed by atoms with Crippen molar-refractivity contribution in [1.29, 1.82) is 0 Å². The molecule has 0 radical (unpaired) electrons. The maximum Gasteiger partial charge on any atom is 0.337 e. The van der Waals surface area contributed by atoms with Crippen molar-refractivity contribution in [3.63, 3.8) is 0 Å². The smallest absolute Gasteiger partial charge is 0.337 e. The number of hydrogen-bond donors (Lipinski definition) is 3. The number of aromatic carboxylic acids is 1. The van der Waals surface area contributed by atoms with Crippen LogP contribution in [0.25, 0.3) is 0 Å². The maximum atomic E-state index is 11.6. The van der Waals surface area contributed by atoms with Crippen LogP contribution in [0.3, 0.4) is 0 Å². The van der Waals surface area contributed by atoms with Crippen molar-refractivity contribution < 1.29 is 24.2 Å². The molecule has 8 heteroatoms. The van der Waals surface area contributed by atoms with Crippen molar-refractivity contribution in [3.8, 4) is 0 Å². The molecule has 21 heavy (non-hydrogen) atoms. The van der Waals surface area contributed by atoms with Gasteiger partial charge < -0.3 is 25.2 Å². The minimum atomic E-state index is -1.10. The van der Waals surface area contributed by atoms with Gasteiger partial charge in [-0.25, -0.2) is 9.59 Å². The highest BCUT2D eigenvalue weighted by Gasteiger charge is 2.06. The molecule has 0 aliphatic rings. The van der Waals surface area contributed by atoms with Crippen LogP contribution >= 0.6 is 0 Å². The lowest BCUT2D eigenvalue weighted by Gasteiger charge is -2.08. The van der Waals surface area contributed by atoms with Crippen LogP contribution < -0.4 is 10.6 Å². The largest absolute Gasteiger partial charge is 0.478 e. The third-order valence-corrected chi connectivity index (χ3v) is 2.43. The van der Waals surface area contributed by atoms with Crippen molar-refractivity contribution in [1.82, 2.24) is 10.3 Å². The second kappa shape index (κ2) is 9.67. The fourth-order valence-corrected chi connectivity index (χ4v) is 1.42. The van der Waals surface area contributed by atoms with Crippen LogP contribution in [0.4, 0.5) is 10.5 Å². The van der Waals surface area contributed by atoms with Crippen molar-refractivity contribution in [2.75, 3.05) is 38.8 Å². The van der Waals surface area contributed by atoms with Gasteiger partial charge in [0.25, 0.3) is 0 Å². The number of rotatable bonds is 9. The fraction of sp³-hybridized carbons (Fsp3) is 0.462. The number of pyridine rings is 1. The Balaban J connectivity index is 2.21. The summed E-state index contributed by atoms with van der Waals surface area (Å²) in [6.45, 7) is 2.04. The van der Waals surface area contributed by atoms with E-state index in [1.165, 1.54) is 18.5 Å². The first-order chi connectivity index (χ1) is 10.1. The molecule has 1 heterocycles. The summed E-state index contributed by atoms with van der Waals surface area (Å²) in [6.07, 6.45) is 3.26. The first-order valence-electron chi connectivity index (χ1n) is 6.43. The average molecular weight is 297 g/mol. The summed E-state index contributed by atoms with van der Waals surface area (Å²) < 4.78 is 10.1. The Kier molecular flexibility index (Phi) is 7.77. The molecule has 0 atom stereocenters. The number of nitrogens with one attached hydrogen (secondary N) is 2. The van der Waals surface area contributed by atoms with Gasteiger partial charge in [-0.05, 0) is 12.5 Å². The van der Waals surface area contributed by atoms with Crippen LogP contribution in [-0.2, 0) is 9.47 Å². The number of carbonyl (C=O) groups is 2. The molecule has 0 spiro atoms. The number of aromatic nitrogens is 1. The van der Waals surface area contributed by atoms with E-state index in [0.717, 1.165) is 0 Å². The van der Waals surface area contributed by atoms with Crippen LogP contribution in [0, 0.1) is 0 Å². The monoisotopic (exact) mass is 297 g/mol. The molecular weight excluding hydrogens is 278 g/mol. The summed E-state index contributed by atoms with van der Waals surface area (Å²) in [5.41, 5.74) is 0.336. The highest BCUT2D eigenvalue weighted by molar-refractivity contribution is 5.92. The molecule has 1 aromatic rings. The Morgan fingerprint density at radius 2 is 2.10 bits per heavy atom. The van der Waals surface area contributed by atoms with Gasteiger partial charge >= 0.3 is 12.0 Å². The van der Waals surface area contributed by atoms with Gasteiger partial charge in [0.2, 0.25) is 0 Å². The van der Waals surface area contributed by atoms with Gasteiger partial charge in [0.1, 0.15) is 0 Å². The predicted molar refractivity (Wildman–Crippen MR) is 75.5 cm³/mol. The second-order valence-corrected chi connectivity index (χ2v) is 4.11. The van der Waals surface area contributed by atoms with Crippen LogP contribution in [0.2, 0.25) is 0 Å². The van der Waals surface area contributed by atoms with Crippen molar-refractivity contribution in [2.24, 2.45) is 0 Å². The molecular formula is C13H19N3O5. The Morgan fingerprint density at radius 3 is 2.81 bits per heavy atom. The summed E-state index contributed by atoms with van der Waals surface area (Å²) in [7, 11) is 1.60. The van der Waals surface area contributed by atoms with E-state index in [4.69, 9.17) is 14.6 Å². The van der Waals surface area contributed by atoms with Crippen LogP contribution in [0.15, 0.2) is 18.5 Å². The topological polar surface area (TPSA) is 110 Å². The van der Waals surface area contributed by atoms with Gasteiger partial charge in [-0.2, -0.15) is 0 Å². The number of carboxylic acid groups (broad SMARTS) is 1. The number of methoxy groups -OCH3 is 1. The molecule has 116 valence electrons. The zero-order chi connectivity index (χ0) is 15.5. The van der Waals surface area contributed by atoms with Gasteiger partial charge in [0.05, 0.1) is 30.7 Å². The number of urea groups is 1. The van der Waals surface area contributed by atoms with E-state index >= 15 is 0 Å². The average Bonchev–Trinajstić information content (AvgIpc) is 2.46. The number of anilines is 1. The summed E-state index contributed by atoms with van der Waals surface area (Å²) in [6, 6.07) is 0.916. The van der Waals surface area contributed by atoms with Crippen LogP contribution in [-0.4, -0.2) is 55.6 Å². The molecule has 0 saturated carbocycles. The number of hydrogen-bond acceptors (Lipinski definition) is 5. The second-order valence-electron chi connectivity index (χ2n) is 4.11. The standard InChI is InChI=1S/C13H19N3O5/c1-20-5-6-21-4-2-3-15-13(19)16-11-7-10(12(17)18)8-14-9-11/h7-9H,2-6H2,1H3,(H,17,18)(H2,15,16,19). The number of nitrogens with zero attached hydrogens (tertiary/aromatic N) is 1. The zero-order valence-corrected chi connectivity index (χ0v) is 11.8. The maximum absolute atomic E-state index is 11.6. The van der Waals surface area contributed by atoms with E-state index in [-0.39, 0.29) is 5.56 Å². The van der Waals surface area contributed by atoms with Gasteiger partial charge in [-0.3, -0.25) is 4.98 Å². The molecule has 0 fully saturated rings. The van der Waals surface area contributed by atoms with Crippen molar-refractivity contribution in [2.45, 2.75) is 6.42 Å². The highest BCUT2D eigenvalue weighted by atomic mass is 16.5. The molecule has 0 aliphatic heterocycles. The molecule has 1 aromatic heterocycles. The normalized spacial score (nSPS) is 10.1. The third kappa shape index (κ3) is 7.23. The molecule has 8 nitrogen and oxygen atoms in total. The Bertz CT molecular complexity index is 467. The highest BCUT2D eigenvalue weighted by Crippen LogP contribution is 2.07. The Hall–Kier alpha value is -2.19. The van der Waals surface area contributed by atoms with Gasteiger partial charge in [-0.15, -0.1) is 0 Å². The van der Waals surface area contributed by atoms with E-state index in [0.29, 0.717) is 38.5 Å². The number of carboxylic acids is 1. The zero-order valence-electron chi connectivity index (χ0n) is 11.8. The number of carbonyl (C=O) groups excluding carboxylic acids is 1. The molecule has 0 bridgehead atoms. The van der Waals surface area contributed by atoms with E-state index in [1.54, 1.807) is 7.11 Å². The van der Waals surface area contributed by atoms with Gasteiger partial charge in [0, 0.05) is 26.5 Å². The molecule has 3 N–H and O–H groups in total. The number of ether oxygens (including phenoxy) is 2. The molecule has 0 saturated heterocycles. The minimum Gasteiger partial charge on any atom is -0.478 e. The summed E-state index contributed by atoms with van der Waals surface area (Å²) in [5.74, 6) is -1.10. The molecule has 0 unspecified atom stereocenters. The lowest BCUT2D eigenvalue weighted by molar-refractivity contribution is 0.0695. The summed E-state index contributed by atoms with van der Waals surface area (Å²) >= 11 is 0. The molecule has 0 aromatic carbocycles. The molecule has 0 aliphatic carbocycles. The van der Waals surface area contributed by atoms with E-state index in [2.05, 4.69) is 15.6 Å². The lowest BCUT2D eigenvalue weighted by atomic mass is 10.3. The van der Waals surface area contributed by atoms with Gasteiger partial charge in [-0.1, -0.05) is 0 Å². The van der Waals surface area contributed by atoms with E-state index < -0.39 is 12.0 Å². The Morgan fingerprint density at radius 1 is 1.29 bits per heavy atom. The van der Waals surface area contributed by atoms with Crippen molar-refractivity contribution in [3.05, 3.63) is 24.0 Å². The van der Waals surface area contributed by atoms with Crippen molar-refractivity contribution >= 4 is 17.7 Å².